The van der Waals surface area contributed by atoms with Gasteiger partial charge in [0.05, 0.1) is 20.1 Å². The topological polar surface area (TPSA) is 56.8 Å². The van der Waals surface area contributed by atoms with Crippen LogP contribution in [0.3, 0.4) is 0 Å². The van der Waals surface area contributed by atoms with Crippen LogP contribution in [0.5, 0.6) is 11.5 Å². The van der Waals surface area contributed by atoms with E-state index in [-0.39, 0.29) is 6.42 Å². The molecule has 0 bridgehead atoms. The maximum absolute atomic E-state index is 12.6. The van der Waals surface area contributed by atoms with Gasteiger partial charge in [0.25, 0.3) is 5.91 Å². The molecular formula is C16H20F3NO4. The van der Waals surface area contributed by atoms with Crippen molar-refractivity contribution in [1.82, 2.24) is 5.32 Å². The van der Waals surface area contributed by atoms with E-state index in [0.717, 1.165) is 0 Å². The number of carbonyl (C=O) groups excluding carboxylic acids is 1. The molecule has 1 N–H and O–H groups in total. The Balaban J connectivity index is 2.19. The van der Waals surface area contributed by atoms with Crippen LogP contribution in [0.4, 0.5) is 13.2 Å². The second-order valence-electron chi connectivity index (χ2n) is 5.55. The van der Waals surface area contributed by atoms with Crippen LogP contribution in [-0.4, -0.2) is 45.6 Å². The molecule has 1 atom stereocenters. The molecule has 1 aromatic carbocycles. The molecule has 1 aliphatic heterocycles. The van der Waals surface area contributed by atoms with Crippen LogP contribution in [0.2, 0.25) is 0 Å². The first-order chi connectivity index (χ1) is 11.3. The Labute approximate surface area is 138 Å². The van der Waals surface area contributed by atoms with Gasteiger partial charge in [-0.3, -0.25) is 4.79 Å². The summed E-state index contributed by atoms with van der Waals surface area (Å²) in [5.74, 6) is 0.248. The van der Waals surface area contributed by atoms with Gasteiger partial charge < -0.3 is 19.5 Å². The third-order valence-corrected chi connectivity index (χ3v) is 3.66. The standard InChI is InChI=1S/C16H20F3NO4/c1-22-4-3-5-24-14-7-10-6-11(9-16(17,18)19)20-15(21)12(10)8-13(14)23-2/h7-8,11H,3-6,9H2,1-2H3,(H,20,21). The minimum atomic E-state index is -4.33. The Morgan fingerprint density at radius 2 is 1.96 bits per heavy atom. The van der Waals surface area contributed by atoms with Crippen LogP contribution in [0.15, 0.2) is 12.1 Å². The predicted molar refractivity (Wildman–Crippen MR) is 80.6 cm³/mol. The summed E-state index contributed by atoms with van der Waals surface area (Å²) in [5, 5.41) is 2.39. The summed E-state index contributed by atoms with van der Waals surface area (Å²) < 4.78 is 53.5. The highest BCUT2D eigenvalue weighted by atomic mass is 19.4. The molecule has 1 heterocycles. The zero-order chi connectivity index (χ0) is 17.7. The summed E-state index contributed by atoms with van der Waals surface area (Å²) in [6.45, 7) is 0.907. The molecule has 0 spiro atoms. The Kier molecular flexibility index (Phi) is 5.93. The third kappa shape index (κ3) is 4.77. The minimum absolute atomic E-state index is 0.0962. The summed E-state index contributed by atoms with van der Waals surface area (Å²) >= 11 is 0. The fourth-order valence-electron chi connectivity index (χ4n) is 2.62. The predicted octanol–water partition coefficient (Wildman–Crippen LogP) is 2.72. The van der Waals surface area contributed by atoms with Crippen molar-refractivity contribution >= 4 is 5.91 Å². The van der Waals surface area contributed by atoms with Crippen LogP contribution in [0.1, 0.15) is 28.8 Å². The van der Waals surface area contributed by atoms with Crippen molar-refractivity contribution in [3.63, 3.8) is 0 Å². The number of carbonyl (C=O) groups is 1. The van der Waals surface area contributed by atoms with Crippen molar-refractivity contribution in [2.75, 3.05) is 27.4 Å². The fraction of sp³-hybridized carbons (Fsp3) is 0.562. The molecule has 1 amide bonds. The molecule has 8 heteroatoms. The normalized spacial score (nSPS) is 17.2. The van der Waals surface area contributed by atoms with Crippen molar-refractivity contribution in [2.24, 2.45) is 0 Å². The van der Waals surface area contributed by atoms with Crippen LogP contribution in [0, 0.1) is 0 Å². The van der Waals surface area contributed by atoms with Crippen LogP contribution in [0.25, 0.3) is 0 Å². The first kappa shape index (κ1) is 18.4. The van der Waals surface area contributed by atoms with Crippen molar-refractivity contribution in [2.45, 2.75) is 31.5 Å². The number of hydrogen-bond donors (Lipinski definition) is 1. The van der Waals surface area contributed by atoms with Crippen LogP contribution >= 0.6 is 0 Å². The molecule has 0 aromatic heterocycles. The lowest BCUT2D eigenvalue weighted by Crippen LogP contribution is -2.43. The molecule has 5 nitrogen and oxygen atoms in total. The monoisotopic (exact) mass is 347 g/mol. The maximum atomic E-state index is 12.6. The van der Waals surface area contributed by atoms with E-state index in [0.29, 0.717) is 42.3 Å². The largest absolute Gasteiger partial charge is 0.493 e. The van der Waals surface area contributed by atoms with E-state index in [9.17, 15) is 18.0 Å². The van der Waals surface area contributed by atoms with Gasteiger partial charge in [0.15, 0.2) is 11.5 Å². The number of hydrogen-bond acceptors (Lipinski definition) is 4. The zero-order valence-electron chi connectivity index (χ0n) is 13.5. The highest BCUT2D eigenvalue weighted by Gasteiger charge is 2.36. The van der Waals surface area contributed by atoms with E-state index in [1.165, 1.54) is 13.2 Å². The van der Waals surface area contributed by atoms with E-state index in [2.05, 4.69) is 5.32 Å². The molecule has 0 radical (unpaired) electrons. The number of rotatable bonds is 7. The molecular weight excluding hydrogens is 327 g/mol. The number of amides is 1. The molecule has 0 saturated carbocycles. The van der Waals surface area contributed by atoms with E-state index in [4.69, 9.17) is 14.2 Å². The highest BCUT2D eigenvalue weighted by Crippen LogP contribution is 2.34. The van der Waals surface area contributed by atoms with Gasteiger partial charge in [-0.25, -0.2) is 0 Å². The second-order valence-corrected chi connectivity index (χ2v) is 5.55. The van der Waals surface area contributed by atoms with Gasteiger partial charge in [0.2, 0.25) is 0 Å². The zero-order valence-corrected chi connectivity index (χ0v) is 13.5. The minimum Gasteiger partial charge on any atom is -0.493 e. The van der Waals surface area contributed by atoms with Crippen molar-refractivity contribution < 1.29 is 32.2 Å². The van der Waals surface area contributed by atoms with Crippen molar-refractivity contribution in [1.29, 1.82) is 0 Å². The van der Waals surface area contributed by atoms with Crippen LogP contribution in [-0.2, 0) is 11.2 Å². The molecule has 2 rings (SSSR count). The van der Waals surface area contributed by atoms with Gasteiger partial charge in [-0.1, -0.05) is 0 Å². The summed E-state index contributed by atoms with van der Waals surface area (Å²) in [7, 11) is 3.02. The quantitative estimate of drug-likeness (QED) is 0.771. The van der Waals surface area contributed by atoms with Crippen LogP contribution < -0.4 is 14.8 Å². The average molecular weight is 347 g/mol. The van der Waals surface area contributed by atoms with Gasteiger partial charge in [0.1, 0.15) is 0 Å². The lowest BCUT2D eigenvalue weighted by atomic mass is 9.93. The Bertz CT molecular complexity index is 589. The number of alkyl halides is 3. The average Bonchev–Trinajstić information content (AvgIpc) is 2.49. The van der Waals surface area contributed by atoms with Gasteiger partial charge in [-0.2, -0.15) is 13.2 Å². The number of benzene rings is 1. The molecule has 134 valence electrons. The summed E-state index contributed by atoms with van der Waals surface area (Å²) in [6.07, 6.45) is -4.64. The first-order valence-electron chi connectivity index (χ1n) is 7.54. The van der Waals surface area contributed by atoms with E-state index < -0.39 is 24.5 Å². The summed E-state index contributed by atoms with van der Waals surface area (Å²) in [6, 6.07) is 2.11. The maximum Gasteiger partial charge on any atom is 0.391 e. The van der Waals surface area contributed by atoms with Gasteiger partial charge >= 0.3 is 6.18 Å². The van der Waals surface area contributed by atoms with Crippen molar-refractivity contribution in [3.05, 3.63) is 23.3 Å². The molecule has 0 fully saturated rings. The van der Waals surface area contributed by atoms with E-state index in [1.54, 1.807) is 13.2 Å². The highest BCUT2D eigenvalue weighted by molar-refractivity contribution is 5.97. The Hall–Kier alpha value is -1.96. The number of nitrogens with one attached hydrogen (secondary N) is 1. The lowest BCUT2D eigenvalue weighted by Gasteiger charge is -2.27. The van der Waals surface area contributed by atoms with E-state index >= 15 is 0 Å². The second kappa shape index (κ2) is 7.74. The summed E-state index contributed by atoms with van der Waals surface area (Å²) in [5.41, 5.74) is 0.838. The molecule has 0 aliphatic carbocycles. The van der Waals surface area contributed by atoms with E-state index in [1.807, 2.05) is 0 Å². The Morgan fingerprint density at radius 1 is 1.21 bits per heavy atom. The molecule has 1 unspecified atom stereocenters. The molecule has 1 aliphatic rings. The molecule has 1 aromatic rings. The molecule has 0 saturated heterocycles. The van der Waals surface area contributed by atoms with Crippen molar-refractivity contribution in [3.8, 4) is 11.5 Å². The Morgan fingerprint density at radius 3 is 2.58 bits per heavy atom. The lowest BCUT2D eigenvalue weighted by molar-refractivity contribution is -0.139. The van der Waals surface area contributed by atoms with Gasteiger partial charge in [-0.05, 0) is 24.1 Å². The number of ether oxygens (including phenoxy) is 3. The number of fused-ring (bicyclic) bond motifs is 1. The first-order valence-corrected chi connectivity index (χ1v) is 7.54. The third-order valence-electron chi connectivity index (χ3n) is 3.66. The number of methoxy groups -OCH3 is 2. The molecule has 24 heavy (non-hydrogen) atoms. The SMILES string of the molecule is COCCCOc1cc2c(cc1OC)C(=O)NC(CC(F)(F)F)C2. The number of halogens is 3. The fourth-order valence-corrected chi connectivity index (χ4v) is 2.62. The van der Waals surface area contributed by atoms with Gasteiger partial charge in [-0.15, -0.1) is 0 Å². The summed E-state index contributed by atoms with van der Waals surface area (Å²) in [4.78, 5) is 12.1. The smallest absolute Gasteiger partial charge is 0.391 e. The van der Waals surface area contributed by atoms with Gasteiger partial charge in [0, 0.05) is 31.7 Å².